The number of nitrogen functional groups attached to an aromatic ring is 1. The van der Waals surface area contributed by atoms with E-state index in [1.54, 1.807) is 6.07 Å². The first-order chi connectivity index (χ1) is 7.08. The van der Waals surface area contributed by atoms with Crippen molar-refractivity contribution < 1.29 is 4.79 Å². The monoisotopic (exact) mass is 269 g/mol. The smallest absolute Gasteiger partial charge is 0.228 e. The average Bonchev–Trinajstić information content (AvgIpc) is 2.88. The third kappa shape index (κ3) is 2.28. The lowest BCUT2D eigenvalue weighted by molar-refractivity contribution is -0.117. The highest BCUT2D eigenvalue weighted by molar-refractivity contribution is 9.10. The quantitative estimate of drug-likeness (QED) is 0.863. The molecule has 15 heavy (non-hydrogen) atoms. The van der Waals surface area contributed by atoms with Gasteiger partial charge >= 0.3 is 0 Å². The molecule has 5 heteroatoms. The van der Waals surface area contributed by atoms with Crippen molar-refractivity contribution in [1.82, 2.24) is 4.98 Å². The van der Waals surface area contributed by atoms with Crippen molar-refractivity contribution in [2.75, 3.05) is 11.1 Å². The summed E-state index contributed by atoms with van der Waals surface area (Å²) >= 11 is 3.30. The van der Waals surface area contributed by atoms with Crippen LogP contribution in [0.4, 0.5) is 11.5 Å². The van der Waals surface area contributed by atoms with Gasteiger partial charge < -0.3 is 11.1 Å². The Balaban J connectivity index is 2.07. The summed E-state index contributed by atoms with van der Waals surface area (Å²) in [6.07, 6.45) is 2.50. The zero-order valence-electron chi connectivity index (χ0n) is 8.33. The Bertz CT molecular complexity index is 408. The highest BCUT2D eigenvalue weighted by Gasteiger charge is 2.39. The van der Waals surface area contributed by atoms with E-state index in [9.17, 15) is 4.79 Å². The summed E-state index contributed by atoms with van der Waals surface area (Å²) in [6, 6.07) is 1.72. The SMILES string of the molecule is CC1CC1C(=O)Nc1ncc(N)cc1Br. The first kappa shape index (κ1) is 10.4. The van der Waals surface area contributed by atoms with Crippen molar-refractivity contribution in [3.8, 4) is 0 Å². The molecule has 1 aliphatic rings. The van der Waals surface area contributed by atoms with Crippen LogP contribution < -0.4 is 11.1 Å². The molecule has 2 atom stereocenters. The van der Waals surface area contributed by atoms with E-state index in [0.29, 0.717) is 21.9 Å². The Kier molecular flexibility index (Phi) is 2.65. The van der Waals surface area contributed by atoms with E-state index in [4.69, 9.17) is 5.73 Å². The first-order valence-electron chi connectivity index (χ1n) is 4.80. The second-order valence-corrected chi connectivity index (χ2v) is 4.76. The van der Waals surface area contributed by atoms with Crippen molar-refractivity contribution in [3.63, 3.8) is 0 Å². The number of carbonyl (C=O) groups is 1. The molecule has 0 saturated heterocycles. The zero-order chi connectivity index (χ0) is 11.0. The third-order valence-corrected chi connectivity index (χ3v) is 3.15. The molecule has 4 nitrogen and oxygen atoms in total. The van der Waals surface area contributed by atoms with Gasteiger partial charge in [0.1, 0.15) is 5.82 Å². The molecule has 0 radical (unpaired) electrons. The molecule has 0 aromatic carbocycles. The minimum absolute atomic E-state index is 0.0421. The highest BCUT2D eigenvalue weighted by atomic mass is 79.9. The van der Waals surface area contributed by atoms with Gasteiger partial charge in [0.15, 0.2) is 0 Å². The summed E-state index contributed by atoms with van der Waals surface area (Å²) < 4.78 is 0.712. The molecule has 1 saturated carbocycles. The van der Waals surface area contributed by atoms with E-state index in [2.05, 4.69) is 33.2 Å². The van der Waals surface area contributed by atoms with Crippen molar-refractivity contribution in [3.05, 3.63) is 16.7 Å². The van der Waals surface area contributed by atoms with Gasteiger partial charge in [-0.3, -0.25) is 4.79 Å². The molecule has 1 heterocycles. The Morgan fingerprint density at radius 3 is 2.93 bits per heavy atom. The van der Waals surface area contributed by atoms with Crippen molar-refractivity contribution in [1.29, 1.82) is 0 Å². The van der Waals surface area contributed by atoms with Crippen LogP contribution in [0, 0.1) is 11.8 Å². The van der Waals surface area contributed by atoms with E-state index in [1.165, 1.54) is 6.20 Å². The summed E-state index contributed by atoms with van der Waals surface area (Å²) in [5, 5.41) is 2.78. The second kappa shape index (κ2) is 3.81. The molecule has 1 amide bonds. The predicted molar refractivity (Wildman–Crippen MR) is 62.3 cm³/mol. The number of amides is 1. The lowest BCUT2D eigenvalue weighted by atomic mass is 10.3. The number of hydrogen-bond acceptors (Lipinski definition) is 3. The lowest BCUT2D eigenvalue weighted by Crippen LogP contribution is -2.15. The number of aromatic nitrogens is 1. The Hall–Kier alpha value is -1.10. The van der Waals surface area contributed by atoms with E-state index >= 15 is 0 Å². The van der Waals surface area contributed by atoms with Gasteiger partial charge in [0.2, 0.25) is 5.91 Å². The minimum atomic E-state index is 0.0421. The highest BCUT2D eigenvalue weighted by Crippen LogP contribution is 2.38. The van der Waals surface area contributed by atoms with E-state index in [-0.39, 0.29) is 11.8 Å². The van der Waals surface area contributed by atoms with Crippen LogP contribution in [-0.4, -0.2) is 10.9 Å². The van der Waals surface area contributed by atoms with Gasteiger partial charge in [0.25, 0.3) is 0 Å². The number of halogens is 1. The van der Waals surface area contributed by atoms with E-state index in [0.717, 1.165) is 6.42 Å². The molecule has 1 fully saturated rings. The first-order valence-corrected chi connectivity index (χ1v) is 5.59. The number of carbonyl (C=O) groups excluding carboxylic acids is 1. The topological polar surface area (TPSA) is 68.0 Å². The molecule has 80 valence electrons. The number of anilines is 2. The molecule has 0 aliphatic heterocycles. The molecule has 1 aromatic rings. The van der Waals surface area contributed by atoms with Crippen LogP contribution in [-0.2, 0) is 4.79 Å². The molecular weight excluding hydrogens is 258 g/mol. The maximum absolute atomic E-state index is 11.6. The Morgan fingerprint density at radius 1 is 1.73 bits per heavy atom. The fourth-order valence-corrected chi connectivity index (χ4v) is 1.91. The Labute approximate surface area is 96.4 Å². The standard InChI is InChI=1S/C10H12BrN3O/c1-5-2-7(5)10(15)14-9-8(11)3-6(12)4-13-9/h3-5,7H,2,12H2,1H3,(H,13,14,15). The summed E-state index contributed by atoms with van der Waals surface area (Å²) in [5.74, 6) is 1.22. The molecule has 3 N–H and O–H groups in total. The number of nitrogens with one attached hydrogen (secondary N) is 1. The van der Waals surface area contributed by atoms with Gasteiger partial charge in [-0.15, -0.1) is 0 Å². The molecule has 0 bridgehead atoms. The van der Waals surface area contributed by atoms with Crippen molar-refractivity contribution in [2.24, 2.45) is 11.8 Å². The number of nitrogens with two attached hydrogens (primary N) is 1. The largest absolute Gasteiger partial charge is 0.397 e. The van der Waals surface area contributed by atoms with Crippen LogP contribution in [0.1, 0.15) is 13.3 Å². The Morgan fingerprint density at radius 2 is 2.40 bits per heavy atom. The minimum Gasteiger partial charge on any atom is -0.397 e. The average molecular weight is 270 g/mol. The van der Waals surface area contributed by atoms with Crippen LogP contribution in [0.5, 0.6) is 0 Å². The maximum atomic E-state index is 11.6. The van der Waals surface area contributed by atoms with E-state index < -0.39 is 0 Å². The second-order valence-electron chi connectivity index (χ2n) is 3.91. The summed E-state index contributed by atoms with van der Waals surface area (Å²) in [6.45, 7) is 2.07. The van der Waals surface area contributed by atoms with Crippen LogP contribution in [0.15, 0.2) is 16.7 Å². The number of rotatable bonds is 2. The zero-order valence-corrected chi connectivity index (χ0v) is 9.91. The summed E-state index contributed by atoms with van der Waals surface area (Å²) in [4.78, 5) is 15.7. The van der Waals surface area contributed by atoms with Gasteiger partial charge in [-0.05, 0) is 34.3 Å². The van der Waals surface area contributed by atoms with Gasteiger partial charge in [-0.2, -0.15) is 0 Å². The molecule has 1 aromatic heterocycles. The number of hydrogen-bond donors (Lipinski definition) is 2. The van der Waals surface area contributed by atoms with Crippen LogP contribution in [0.25, 0.3) is 0 Å². The molecule has 1 aliphatic carbocycles. The van der Waals surface area contributed by atoms with Crippen molar-refractivity contribution >= 4 is 33.3 Å². The molecule has 2 rings (SSSR count). The van der Waals surface area contributed by atoms with Gasteiger partial charge in [-0.25, -0.2) is 4.98 Å². The van der Waals surface area contributed by atoms with Crippen LogP contribution in [0.2, 0.25) is 0 Å². The van der Waals surface area contributed by atoms with Gasteiger partial charge in [0, 0.05) is 5.92 Å². The van der Waals surface area contributed by atoms with Crippen molar-refractivity contribution in [2.45, 2.75) is 13.3 Å². The van der Waals surface area contributed by atoms with Gasteiger partial charge in [0.05, 0.1) is 16.4 Å². The fraction of sp³-hybridized carbons (Fsp3) is 0.400. The van der Waals surface area contributed by atoms with Crippen LogP contribution >= 0.6 is 15.9 Å². The number of nitrogens with zero attached hydrogens (tertiary/aromatic N) is 1. The molecule has 2 unspecified atom stereocenters. The fourth-order valence-electron chi connectivity index (χ4n) is 1.44. The van der Waals surface area contributed by atoms with E-state index in [1.807, 2.05) is 0 Å². The summed E-state index contributed by atoms with van der Waals surface area (Å²) in [7, 11) is 0. The molecular formula is C10H12BrN3O. The third-order valence-electron chi connectivity index (χ3n) is 2.55. The summed E-state index contributed by atoms with van der Waals surface area (Å²) in [5.41, 5.74) is 6.12. The number of pyridine rings is 1. The maximum Gasteiger partial charge on any atom is 0.228 e. The molecule has 0 spiro atoms. The van der Waals surface area contributed by atoms with Gasteiger partial charge in [-0.1, -0.05) is 6.92 Å². The lowest BCUT2D eigenvalue weighted by Gasteiger charge is -2.06. The normalized spacial score (nSPS) is 23.6. The van der Waals surface area contributed by atoms with Crippen LogP contribution in [0.3, 0.4) is 0 Å². The predicted octanol–water partition coefficient (Wildman–Crippen LogP) is 2.02.